The number of amides is 5. The number of aryl methyl sites for hydroxylation is 1. The van der Waals surface area contributed by atoms with Gasteiger partial charge in [-0.1, -0.05) is 65.3 Å². The van der Waals surface area contributed by atoms with Crippen molar-refractivity contribution in [2.75, 3.05) is 38.0 Å². The Hall–Kier alpha value is -4.70. The Balaban J connectivity index is 1.13. The lowest BCUT2D eigenvalue weighted by atomic mass is 9.85. The zero-order valence-corrected chi connectivity index (χ0v) is 35.0. The van der Waals surface area contributed by atoms with Crippen LogP contribution in [0.15, 0.2) is 42.5 Å². The molecule has 0 radical (unpaired) electrons. The van der Waals surface area contributed by atoms with Crippen LogP contribution in [-0.4, -0.2) is 115 Å². The molecule has 2 saturated heterocycles. The number of ether oxygens (including phenoxy) is 1. The van der Waals surface area contributed by atoms with Gasteiger partial charge in [0, 0.05) is 56.9 Å². The van der Waals surface area contributed by atoms with Crippen LogP contribution in [-0.2, 0) is 48.7 Å². The molecule has 3 heterocycles. The van der Waals surface area contributed by atoms with Gasteiger partial charge in [-0.15, -0.1) is 0 Å². The van der Waals surface area contributed by atoms with Crippen molar-refractivity contribution >= 4 is 45.4 Å². The molecular formula is C42H57N7O8S. The first-order valence-electron chi connectivity index (χ1n) is 20.6. The van der Waals surface area contributed by atoms with Gasteiger partial charge in [-0.05, 0) is 71.9 Å². The van der Waals surface area contributed by atoms with Gasteiger partial charge in [-0.2, -0.15) is 0 Å². The third kappa shape index (κ3) is 8.54. The molecule has 0 aromatic heterocycles. The van der Waals surface area contributed by atoms with Crippen LogP contribution in [0.1, 0.15) is 93.8 Å². The van der Waals surface area contributed by atoms with Crippen molar-refractivity contribution < 1.29 is 37.1 Å². The van der Waals surface area contributed by atoms with Crippen molar-refractivity contribution in [2.45, 2.75) is 115 Å². The predicted octanol–water partition coefficient (Wildman–Crippen LogP) is 3.14. The van der Waals surface area contributed by atoms with E-state index in [1.807, 2.05) is 39.8 Å². The summed E-state index contributed by atoms with van der Waals surface area (Å²) in [5.41, 5.74) is 2.19. The minimum Gasteiger partial charge on any atom is -0.444 e. The number of hydrogen-bond donors (Lipinski definition) is 4. The fourth-order valence-electron chi connectivity index (χ4n) is 8.61. The van der Waals surface area contributed by atoms with E-state index in [-0.39, 0.29) is 31.2 Å². The summed E-state index contributed by atoms with van der Waals surface area (Å²) in [6.07, 6.45) is 1.13. The Morgan fingerprint density at radius 1 is 0.983 bits per heavy atom. The Morgan fingerprint density at radius 2 is 1.71 bits per heavy atom. The number of anilines is 1. The molecule has 5 unspecified atom stereocenters. The zero-order chi connectivity index (χ0) is 41.6. The first-order valence-corrected chi connectivity index (χ1v) is 22.2. The second-order valence-corrected chi connectivity index (χ2v) is 19.5. The summed E-state index contributed by atoms with van der Waals surface area (Å²) in [4.78, 5) is 74.9. The van der Waals surface area contributed by atoms with Gasteiger partial charge >= 0.3 is 6.09 Å². The number of nitrogens with one attached hydrogen (secondary N) is 4. The van der Waals surface area contributed by atoms with Gasteiger partial charge < -0.3 is 30.5 Å². The lowest BCUT2D eigenvalue weighted by Crippen LogP contribution is -2.58. The summed E-state index contributed by atoms with van der Waals surface area (Å²) in [7, 11) is -3.88. The van der Waals surface area contributed by atoms with Crippen molar-refractivity contribution in [3.8, 4) is 0 Å². The van der Waals surface area contributed by atoms with Gasteiger partial charge in [-0.3, -0.25) is 28.8 Å². The molecule has 16 heteroatoms. The van der Waals surface area contributed by atoms with Crippen molar-refractivity contribution in [3.05, 3.63) is 64.7 Å². The maximum atomic E-state index is 14.9. The number of carbonyl (C=O) groups excluding carboxylic acids is 5. The van der Waals surface area contributed by atoms with Crippen molar-refractivity contribution in [3.63, 3.8) is 0 Å². The molecule has 5 aliphatic rings. The van der Waals surface area contributed by atoms with Crippen molar-refractivity contribution in [1.29, 1.82) is 0 Å². The fourth-order valence-corrected chi connectivity index (χ4v) is 9.98. The molecule has 314 valence electrons. The Bertz CT molecular complexity index is 2060. The molecule has 5 atom stereocenters. The van der Waals surface area contributed by atoms with Gasteiger partial charge in [-0.25, -0.2) is 13.2 Å². The van der Waals surface area contributed by atoms with E-state index in [2.05, 4.69) is 33.7 Å². The third-order valence-electron chi connectivity index (χ3n) is 12.3. The summed E-state index contributed by atoms with van der Waals surface area (Å²) >= 11 is 0. The molecule has 2 saturated carbocycles. The van der Waals surface area contributed by atoms with E-state index in [1.165, 1.54) is 4.90 Å². The van der Waals surface area contributed by atoms with E-state index in [1.54, 1.807) is 34.1 Å². The average Bonchev–Trinajstić information content (AvgIpc) is 4.09. The summed E-state index contributed by atoms with van der Waals surface area (Å²) in [6, 6.07) is 11.0. The van der Waals surface area contributed by atoms with Crippen LogP contribution >= 0.6 is 0 Å². The molecule has 2 aromatic rings. The summed E-state index contributed by atoms with van der Waals surface area (Å²) < 4.78 is 33.9. The predicted molar refractivity (Wildman–Crippen MR) is 217 cm³/mol. The Morgan fingerprint density at radius 3 is 2.36 bits per heavy atom. The quantitative estimate of drug-likeness (QED) is 0.248. The number of piperazine rings is 1. The van der Waals surface area contributed by atoms with Crippen molar-refractivity contribution in [1.82, 2.24) is 30.1 Å². The number of sulfonamides is 1. The summed E-state index contributed by atoms with van der Waals surface area (Å²) in [6.45, 7) is 12.9. The molecule has 5 amide bonds. The number of benzene rings is 2. The van der Waals surface area contributed by atoms with E-state index in [0.29, 0.717) is 69.8 Å². The maximum absolute atomic E-state index is 14.9. The number of rotatable bonds is 12. The summed E-state index contributed by atoms with van der Waals surface area (Å²) in [5, 5.41) is 8.87. The lowest BCUT2D eigenvalue weighted by Gasteiger charge is -2.36. The number of likely N-dealkylation sites (tertiary alicyclic amines) is 1. The van der Waals surface area contributed by atoms with Crippen LogP contribution < -0.4 is 20.7 Å². The molecule has 4 fully saturated rings. The second-order valence-electron chi connectivity index (χ2n) is 17.5. The molecular weight excluding hydrogens is 763 g/mol. The van der Waals surface area contributed by atoms with Crippen LogP contribution in [0.5, 0.6) is 0 Å². The van der Waals surface area contributed by atoms with E-state index in [0.717, 1.165) is 23.1 Å². The van der Waals surface area contributed by atoms with Crippen molar-refractivity contribution in [2.24, 2.45) is 11.3 Å². The van der Waals surface area contributed by atoms with Gasteiger partial charge in [0.1, 0.15) is 23.7 Å². The maximum Gasteiger partial charge on any atom is 0.410 e. The molecule has 0 spiro atoms. The number of fused-ring (bicyclic) bond motifs is 1. The van der Waals surface area contributed by atoms with Crippen LogP contribution in [0, 0.1) is 11.3 Å². The lowest BCUT2D eigenvalue weighted by molar-refractivity contribution is -0.141. The van der Waals surface area contributed by atoms with Crippen LogP contribution in [0.2, 0.25) is 0 Å². The standard InChI is InChI=1S/C42H57N7O8S/c1-6-26-10-8-12-28-23-48(25-33(26)28)40(54)57-31-21-34(36(50)45-42(22-29(42)7-2)39(53)46-58(55,56)32-14-15-32)49(24-31)38(52)35(41(3,4)5)44-30-13-9-11-27(20-30)37(51)47-18-16-43-17-19-47/h8-13,20,29,31-32,34-35,43-44H,6-7,14-19,21-25H2,1-5H3,(H,45,50)(H,46,53). The number of hydrogen-bond acceptors (Lipinski definition) is 10. The van der Waals surface area contributed by atoms with Crippen LogP contribution in [0.3, 0.4) is 0 Å². The van der Waals surface area contributed by atoms with E-state index in [4.69, 9.17) is 4.74 Å². The summed E-state index contributed by atoms with van der Waals surface area (Å²) in [5.74, 6) is -2.23. The Kier molecular flexibility index (Phi) is 11.5. The highest BCUT2D eigenvalue weighted by atomic mass is 32.2. The Labute approximate surface area is 341 Å². The second kappa shape index (κ2) is 16.2. The van der Waals surface area contributed by atoms with E-state index < -0.39 is 68.2 Å². The minimum atomic E-state index is -3.88. The van der Waals surface area contributed by atoms with Crippen LogP contribution in [0.4, 0.5) is 10.5 Å². The highest BCUT2D eigenvalue weighted by molar-refractivity contribution is 7.91. The van der Waals surface area contributed by atoms with E-state index in [9.17, 15) is 32.4 Å². The molecule has 0 bridgehead atoms. The average molecular weight is 820 g/mol. The van der Waals surface area contributed by atoms with Crippen LogP contribution in [0.25, 0.3) is 0 Å². The first-order chi connectivity index (χ1) is 27.5. The van der Waals surface area contributed by atoms with E-state index >= 15 is 0 Å². The minimum absolute atomic E-state index is 0.0231. The molecule has 7 rings (SSSR count). The largest absolute Gasteiger partial charge is 0.444 e. The number of carbonyl (C=O) groups is 5. The number of nitrogens with zero attached hydrogens (tertiary/aromatic N) is 3. The van der Waals surface area contributed by atoms with Gasteiger partial charge in [0.05, 0.1) is 11.8 Å². The zero-order valence-electron chi connectivity index (χ0n) is 34.1. The highest BCUT2D eigenvalue weighted by Crippen LogP contribution is 2.47. The molecule has 58 heavy (non-hydrogen) atoms. The fraction of sp³-hybridized carbons (Fsp3) is 0.595. The monoisotopic (exact) mass is 819 g/mol. The van der Waals surface area contributed by atoms with Gasteiger partial charge in [0.2, 0.25) is 21.8 Å². The molecule has 2 aliphatic carbocycles. The molecule has 2 aromatic carbocycles. The molecule has 15 nitrogen and oxygen atoms in total. The third-order valence-corrected chi connectivity index (χ3v) is 14.1. The SMILES string of the molecule is CCc1cccc2c1CN(C(=O)OC1CC(C(=O)NC3(C(=O)NS(=O)(=O)C4CC4)CC3CC)N(C(=O)C(Nc3cccc(C(=O)N4CCNCC4)c3)C(C)(C)C)C1)C2. The first kappa shape index (κ1) is 41.5. The smallest absolute Gasteiger partial charge is 0.410 e. The normalized spacial score (nSPS) is 24.8. The molecule has 4 N–H and O–H groups in total. The van der Waals surface area contributed by atoms with Gasteiger partial charge in [0.15, 0.2) is 0 Å². The molecule has 3 aliphatic heterocycles. The van der Waals surface area contributed by atoms with Gasteiger partial charge in [0.25, 0.3) is 11.8 Å². The topological polar surface area (TPSA) is 187 Å². The highest BCUT2D eigenvalue weighted by Gasteiger charge is 2.62.